The molecule has 0 aromatic heterocycles. The average molecular weight is 244 g/mol. The lowest BCUT2D eigenvalue weighted by molar-refractivity contribution is 0.115. The van der Waals surface area contributed by atoms with Crippen molar-refractivity contribution in [1.82, 2.24) is 4.90 Å². The molecule has 3 nitrogen and oxygen atoms in total. The maximum Gasteiger partial charge on any atom is 0.130 e. The highest BCUT2D eigenvalue weighted by Crippen LogP contribution is 2.11. The molecular weight excluding hydrogens is 226 g/mol. The van der Waals surface area contributed by atoms with Crippen LogP contribution < -0.4 is 5.73 Å². The molecule has 0 radical (unpaired) electrons. The van der Waals surface area contributed by atoms with E-state index in [2.05, 4.69) is 0 Å². The van der Waals surface area contributed by atoms with Gasteiger partial charge < -0.3 is 10.5 Å². The van der Waals surface area contributed by atoms with E-state index >= 15 is 0 Å². The molecule has 1 aromatic rings. The number of rotatable bonds is 7. The van der Waals surface area contributed by atoms with E-state index in [1.807, 2.05) is 11.9 Å². The predicted molar refractivity (Wildman–Crippen MR) is 62.6 cm³/mol. The number of likely N-dealkylation sites (N-methyl/N-ethyl adjacent to an activating group) is 1. The van der Waals surface area contributed by atoms with Crippen molar-refractivity contribution in [3.05, 3.63) is 35.4 Å². The Kier molecular flexibility index (Phi) is 6.04. The van der Waals surface area contributed by atoms with Gasteiger partial charge in [0.2, 0.25) is 0 Å². The Bertz CT molecular complexity index is 347. The molecular formula is C12H18F2N2O. The molecule has 1 aromatic carbocycles. The first-order chi connectivity index (χ1) is 8.13. The fraction of sp³-hybridized carbons (Fsp3) is 0.500. The Labute approximate surface area is 100 Å². The van der Waals surface area contributed by atoms with Crippen molar-refractivity contribution in [2.24, 2.45) is 5.73 Å². The molecule has 0 fully saturated rings. The zero-order valence-electron chi connectivity index (χ0n) is 9.96. The maximum absolute atomic E-state index is 13.3. The lowest BCUT2D eigenvalue weighted by atomic mass is 10.2. The second kappa shape index (κ2) is 7.32. The highest BCUT2D eigenvalue weighted by atomic mass is 19.1. The molecule has 96 valence electrons. The van der Waals surface area contributed by atoms with Gasteiger partial charge in [-0.05, 0) is 13.1 Å². The molecule has 0 unspecified atom stereocenters. The third-order valence-corrected chi connectivity index (χ3v) is 2.33. The van der Waals surface area contributed by atoms with Crippen LogP contribution in [0.4, 0.5) is 8.78 Å². The topological polar surface area (TPSA) is 38.5 Å². The molecule has 0 heterocycles. The van der Waals surface area contributed by atoms with Gasteiger partial charge in [0.05, 0.1) is 13.2 Å². The minimum Gasteiger partial charge on any atom is -0.379 e. The third kappa shape index (κ3) is 5.21. The van der Waals surface area contributed by atoms with Gasteiger partial charge in [-0.2, -0.15) is 0 Å². The van der Waals surface area contributed by atoms with E-state index in [4.69, 9.17) is 10.5 Å². The smallest absolute Gasteiger partial charge is 0.130 e. The van der Waals surface area contributed by atoms with Crippen LogP contribution in [0.25, 0.3) is 0 Å². The van der Waals surface area contributed by atoms with E-state index in [0.717, 1.165) is 6.07 Å². The van der Waals surface area contributed by atoms with Crippen LogP contribution in [0.5, 0.6) is 0 Å². The number of nitrogens with zero attached hydrogens (tertiary/aromatic N) is 1. The summed E-state index contributed by atoms with van der Waals surface area (Å²) in [6, 6.07) is 3.62. The average Bonchev–Trinajstić information content (AvgIpc) is 2.28. The molecule has 0 saturated heterocycles. The van der Waals surface area contributed by atoms with Gasteiger partial charge in [-0.3, -0.25) is 4.90 Å². The summed E-state index contributed by atoms with van der Waals surface area (Å²) in [6.45, 7) is 2.68. The summed E-state index contributed by atoms with van der Waals surface area (Å²) in [5, 5.41) is 0. The van der Waals surface area contributed by atoms with Crippen molar-refractivity contribution in [3.63, 3.8) is 0 Å². The van der Waals surface area contributed by atoms with Crippen LogP contribution in [0.3, 0.4) is 0 Å². The predicted octanol–water partition coefficient (Wildman–Crippen LogP) is 1.37. The molecule has 0 aliphatic rings. The Hall–Kier alpha value is -1.04. The van der Waals surface area contributed by atoms with Crippen molar-refractivity contribution in [2.75, 3.05) is 33.4 Å². The number of nitrogens with two attached hydrogens (primary N) is 1. The van der Waals surface area contributed by atoms with Crippen LogP contribution in [0.15, 0.2) is 18.2 Å². The molecule has 0 spiro atoms. The molecule has 0 aliphatic carbocycles. The van der Waals surface area contributed by atoms with Crippen molar-refractivity contribution in [2.45, 2.75) is 6.54 Å². The largest absolute Gasteiger partial charge is 0.379 e. The minimum absolute atomic E-state index is 0.429. The van der Waals surface area contributed by atoms with Crippen LogP contribution in [-0.2, 0) is 11.3 Å². The van der Waals surface area contributed by atoms with Crippen LogP contribution in [-0.4, -0.2) is 38.3 Å². The lowest BCUT2D eigenvalue weighted by Gasteiger charge is -2.17. The number of benzene rings is 1. The molecule has 0 saturated carbocycles. The van der Waals surface area contributed by atoms with E-state index in [9.17, 15) is 8.78 Å². The van der Waals surface area contributed by atoms with E-state index < -0.39 is 11.6 Å². The van der Waals surface area contributed by atoms with Gasteiger partial charge in [0.1, 0.15) is 11.6 Å². The number of hydrogen-bond acceptors (Lipinski definition) is 3. The van der Waals surface area contributed by atoms with Crippen molar-refractivity contribution < 1.29 is 13.5 Å². The molecule has 17 heavy (non-hydrogen) atoms. The SMILES string of the molecule is CN(CCOCCN)Cc1ccc(F)cc1F. The third-order valence-electron chi connectivity index (χ3n) is 2.33. The maximum atomic E-state index is 13.3. The number of hydrogen-bond donors (Lipinski definition) is 1. The van der Waals surface area contributed by atoms with E-state index in [0.29, 0.717) is 38.4 Å². The fourth-order valence-electron chi connectivity index (χ4n) is 1.43. The Morgan fingerprint density at radius 1 is 1.29 bits per heavy atom. The molecule has 5 heteroatoms. The highest BCUT2D eigenvalue weighted by Gasteiger charge is 2.06. The van der Waals surface area contributed by atoms with Crippen LogP contribution in [0.2, 0.25) is 0 Å². The standard InChI is InChI=1S/C12H18F2N2O/c1-16(5-7-17-6-4-15)9-10-2-3-11(13)8-12(10)14/h2-3,8H,4-7,9,15H2,1H3. The zero-order valence-corrected chi connectivity index (χ0v) is 9.96. The highest BCUT2D eigenvalue weighted by molar-refractivity contribution is 5.18. The van der Waals surface area contributed by atoms with E-state index in [-0.39, 0.29) is 0 Å². The second-order valence-electron chi connectivity index (χ2n) is 3.87. The van der Waals surface area contributed by atoms with E-state index in [1.54, 1.807) is 0 Å². The molecule has 1 rings (SSSR count). The summed E-state index contributed by atoms with van der Waals surface area (Å²) < 4.78 is 31.2. The fourth-order valence-corrected chi connectivity index (χ4v) is 1.43. The normalized spacial score (nSPS) is 11.1. The summed E-state index contributed by atoms with van der Waals surface area (Å²) >= 11 is 0. The van der Waals surface area contributed by atoms with E-state index in [1.165, 1.54) is 12.1 Å². The first kappa shape index (κ1) is 14.0. The van der Waals surface area contributed by atoms with Gasteiger partial charge >= 0.3 is 0 Å². The van der Waals surface area contributed by atoms with Crippen LogP contribution in [0, 0.1) is 11.6 Å². The van der Waals surface area contributed by atoms with Gasteiger partial charge in [-0.1, -0.05) is 6.07 Å². The summed E-state index contributed by atoms with van der Waals surface area (Å²) in [5.74, 6) is -1.07. The Balaban J connectivity index is 2.37. The lowest BCUT2D eigenvalue weighted by Crippen LogP contribution is -2.24. The van der Waals surface area contributed by atoms with Gasteiger partial charge in [0, 0.05) is 31.3 Å². The van der Waals surface area contributed by atoms with Gasteiger partial charge in [-0.15, -0.1) is 0 Å². The first-order valence-electron chi connectivity index (χ1n) is 5.53. The number of halogens is 2. The number of ether oxygens (including phenoxy) is 1. The minimum atomic E-state index is -0.555. The van der Waals surface area contributed by atoms with Crippen molar-refractivity contribution >= 4 is 0 Å². The molecule has 0 atom stereocenters. The van der Waals surface area contributed by atoms with Crippen LogP contribution >= 0.6 is 0 Å². The molecule has 0 bridgehead atoms. The summed E-state index contributed by atoms with van der Waals surface area (Å²) in [6.07, 6.45) is 0. The summed E-state index contributed by atoms with van der Waals surface area (Å²) in [7, 11) is 1.86. The van der Waals surface area contributed by atoms with Gasteiger partial charge in [0.15, 0.2) is 0 Å². The van der Waals surface area contributed by atoms with Crippen molar-refractivity contribution in [3.8, 4) is 0 Å². The van der Waals surface area contributed by atoms with Gasteiger partial charge in [-0.25, -0.2) is 8.78 Å². The quantitative estimate of drug-likeness (QED) is 0.736. The first-order valence-corrected chi connectivity index (χ1v) is 5.53. The Morgan fingerprint density at radius 2 is 2.06 bits per heavy atom. The molecule has 2 N–H and O–H groups in total. The van der Waals surface area contributed by atoms with Crippen LogP contribution in [0.1, 0.15) is 5.56 Å². The van der Waals surface area contributed by atoms with Crippen molar-refractivity contribution in [1.29, 1.82) is 0 Å². The molecule has 0 aliphatic heterocycles. The molecule has 0 amide bonds. The van der Waals surface area contributed by atoms with Gasteiger partial charge in [0.25, 0.3) is 0 Å². The summed E-state index contributed by atoms with van der Waals surface area (Å²) in [4.78, 5) is 1.91. The summed E-state index contributed by atoms with van der Waals surface area (Å²) in [5.41, 5.74) is 5.76. The Morgan fingerprint density at radius 3 is 2.71 bits per heavy atom. The zero-order chi connectivity index (χ0) is 12.7. The monoisotopic (exact) mass is 244 g/mol. The second-order valence-corrected chi connectivity index (χ2v) is 3.87.